The van der Waals surface area contributed by atoms with Crippen molar-refractivity contribution in [3.05, 3.63) is 57.2 Å². The number of benzene rings is 1. The van der Waals surface area contributed by atoms with Crippen LogP contribution in [0.3, 0.4) is 0 Å². The first-order valence-corrected chi connectivity index (χ1v) is 10.4. The number of aromatic nitrogens is 2. The SMILES string of the molecule is Cc1nnc(NC(=O)c2cccc(S(=O)(=O)NCc3cccs3)c2)s1. The summed E-state index contributed by atoms with van der Waals surface area (Å²) in [6, 6.07) is 9.56. The lowest BCUT2D eigenvalue weighted by Gasteiger charge is -2.07. The molecule has 3 rings (SSSR count). The molecule has 0 aliphatic carbocycles. The van der Waals surface area contributed by atoms with Crippen LogP contribution in [-0.4, -0.2) is 24.5 Å². The van der Waals surface area contributed by atoms with E-state index < -0.39 is 15.9 Å². The normalized spacial score (nSPS) is 11.4. The quantitative estimate of drug-likeness (QED) is 0.669. The van der Waals surface area contributed by atoms with Crippen LogP contribution in [0.4, 0.5) is 5.13 Å². The first-order valence-electron chi connectivity index (χ1n) is 7.17. The van der Waals surface area contributed by atoms with Gasteiger partial charge in [-0.25, -0.2) is 13.1 Å². The van der Waals surface area contributed by atoms with E-state index in [0.29, 0.717) is 5.13 Å². The fraction of sp³-hybridized carbons (Fsp3) is 0.133. The topological polar surface area (TPSA) is 101 Å². The molecule has 25 heavy (non-hydrogen) atoms. The molecule has 0 fully saturated rings. The fourth-order valence-corrected chi connectivity index (χ4v) is 4.36. The van der Waals surface area contributed by atoms with E-state index in [1.807, 2.05) is 17.5 Å². The number of anilines is 1. The Kier molecular flexibility index (Phi) is 5.23. The van der Waals surface area contributed by atoms with Gasteiger partial charge >= 0.3 is 0 Å². The number of carbonyl (C=O) groups excluding carboxylic acids is 1. The van der Waals surface area contributed by atoms with Crippen molar-refractivity contribution in [2.75, 3.05) is 5.32 Å². The van der Waals surface area contributed by atoms with Crippen molar-refractivity contribution < 1.29 is 13.2 Å². The highest BCUT2D eigenvalue weighted by atomic mass is 32.2. The molecule has 0 aliphatic heterocycles. The number of nitrogens with zero attached hydrogens (tertiary/aromatic N) is 2. The molecule has 0 radical (unpaired) electrons. The lowest BCUT2D eigenvalue weighted by atomic mass is 10.2. The summed E-state index contributed by atoms with van der Waals surface area (Å²) in [7, 11) is -3.71. The number of aryl methyl sites for hydroxylation is 1. The Morgan fingerprint density at radius 1 is 1.20 bits per heavy atom. The minimum atomic E-state index is -3.71. The van der Waals surface area contributed by atoms with Crippen LogP contribution in [0.1, 0.15) is 20.2 Å². The Hall–Kier alpha value is -2.14. The molecule has 0 spiro atoms. The van der Waals surface area contributed by atoms with Crippen LogP contribution < -0.4 is 10.0 Å². The van der Waals surface area contributed by atoms with Gasteiger partial charge in [-0.2, -0.15) is 0 Å². The minimum absolute atomic E-state index is 0.0325. The van der Waals surface area contributed by atoms with Crippen LogP contribution in [0.15, 0.2) is 46.7 Å². The summed E-state index contributed by atoms with van der Waals surface area (Å²) < 4.78 is 27.3. The first-order chi connectivity index (χ1) is 11.9. The molecule has 0 bridgehead atoms. The van der Waals surface area contributed by atoms with Crippen LogP contribution in [0.5, 0.6) is 0 Å². The summed E-state index contributed by atoms with van der Waals surface area (Å²) in [4.78, 5) is 13.2. The molecule has 2 N–H and O–H groups in total. The van der Waals surface area contributed by atoms with Crippen LogP contribution in [0.2, 0.25) is 0 Å². The molecule has 1 aromatic carbocycles. The maximum absolute atomic E-state index is 12.4. The number of sulfonamides is 1. The van der Waals surface area contributed by atoms with E-state index in [4.69, 9.17) is 0 Å². The monoisotopic (exact) mass is 394 g/mol. The number of hydrogen-bond acceptors (Lipinski definition) is 7. The van der Waals surface area contributed by atoms with Crippen molar-refractivity contribution in [2.24, 2.45) is 0 Å². The largest absolute Gasteiger partial charge is 0.296 e. The second kappa shape index (κ2) is 7.40. The standard InChI is InChI=1S/C15H14N4O3S3/c1-10-18-19-15(24-10)17-14(20)11-4-2-6-13(8-11)25(21,22)16-9-12-5-3-7-23-12/h2-8,16H,9H2,1H3,(H,17,19,20). The van der Waals surface area contributed by atoms with Crippen molar-refractivity contribution in [2.45, 2.75) is 18.4 Å². The van der Waals surface area contributed by atoms with Gasteiger partial charge in [0.25, 0.3) is 5.91 Å². The van der Waals surface area contributed by atoms with Crippen LogP contribution in [0, 0.1) is 6.92 Å². The Balaban J connectivity index is 1.74. The van der Waals surface area contributed by atoms with Gasteiger partial charge in [0.05, 0.1) is 4.90 Å². The van der Waals surface area contributed by atoms with Gasteiger partial charge in [-0.1, -0.05) is 23.5 Å². The molecule has 2 heterocycles. The molecule has 1 amide bonds. The Morgan fingerprint density at radius 3 is 2.72 bits per heavy atom. The maximum atomic E-state index is 12.4. The van der Waals surface area contributed by atoms with Crippen molar-refractivity contribution in [1.29, 1.82) is 0 Å². The summed E-state index contributed by atoms with van der Waals surface area (Å²) in [5, 5.41) is 13.2. The Bertz CT molecular complexity index is 981. The summed E-state index contributed by atoms with van der Waals surface area (Å²) in [5.74, 6) is -0.438. The van der Waals surface area contributed by atoms with Crippen LogP contribution >= 0.6 is 22.7 Å². The molecule has 2 aromatic heterocycles. The number of amides is 1. The average molecular weight is 395 g/mol. The van der Waals surface area contributed by atoms with Crippen molar-refractivity contribution in [1.82, 2.24) is 14.9 Å². The first kappa shape index (κ1) is 17.7. The van der Waals surface area contributed by atoms with E-state index in [9.17, 15) is 13.2 Å². The molecule has 0 saturated heterocycles. The predicted octanol–water partition coefficient (Wildman–Crippen LogP) is 2.64. The van der Waals surface area contributed by atoms with Gasteiger partial charge in [0.1, 0.15) is 5.01 Å². The predicted molar refractivity (Wildman–Crippen MR) is 97.4 cm³/mol. The summed E-state index contributed by atoms with van der Waals surface area (Å²) in [5.41, 5.74) is 0.229. The van der Waals surface area contributed by atoms with Crippen molar-refractivity contribution in [3.63, 3.8) is 0 Å². The lowest BCUT2D eigenvalue weighted by molar-refractivity contribution is 0.102. The van der Waals surface area contributed by atoms with E-state index in [2.05, 4.69) is 20.2 Å². The number of thiophene rings is 1. The Labute approximate surface area is 152 Å². The van der Waals surface area contributed by atoms with Gasteiger partial charge in [0.15, 0.2) is 0 Å². The highest BCUT2D eigenvalue weighted by molar-refractivity contribution is 7.89. The second-order valence-electron chi connectivity index (χ2n) is 5.01. The van der Waals surface area contributed by atoms with Gasteiger partial charge in [-0.05, 0) is 36.6 Å². The third-order valence-corrected chi connectivity index (χ3v) is 6.20. The summed E-state index contributed by atoms with van der Waals surface area (Å²) in [6.07, 6.45) is 0. The van der Waals surface area contributed by atoms with E-state index in [-0.39, 0.29) is 17.0 Å². The van der Waals surface area contributed by atoms with Crippen LogP contribution in [0.25, 0.3) is 0 Å². The Morgan fingerprint density at radius 2 is 2.04 bits per heavy atom. The molecule has 10 heteroatoms. The molecular weight excluding hydrogens is 380 g/mol. The van der Waals surface area contributed by atoms with E-state index in [0.717, 1.165) is 9.88 Å². The zero-order chi connectivity index (χ0) is 17.9. The van der Waals surface area contributed by atoms with E-state index in [1.54, 1.807) is 13.0 Å². The van der Waals surface area contributed by atoms with Crippen molar-refractivity contribution in [3.8, 4) is 0 Å². The molecule has 3 aromatic rings. The van der Waals surface area contributed by atoms with Crippen LogP contribution in [-0.2, 0) is 16.6 Å². The number of carbonyl (C=O) groups is 1. The van der Waals surface area contributed by atoms with Gasteiger partial charge < -0.3 is 0 Å². The van der Waals surface area contributed by atoms with Gasteiger partial charge in [-0.15, -0.1) is 21.5 Å². The molecule has 0 aliphatic rings. The van der Waals surface area contributed by atoms with Gasteiger partial charge in [-0.3, -0.25) is 10.1 Å². The van der Waals surface area contributed by atoms with Gasteiger partial charge in [0, 0.05) is 17.0 Å². The van der Waals surface area contributed by atoms with Gasteiger partial charge in [0.2, 0.25) is 15.2 Å². The molecule has 130 valence electrons. The number of nitrogens with one attached hydrogen (secondary N) is 2. The molecule has 0 unspecified atom stereocenters. The van der Waals surface area contributed by atoms with E-state index >= 15 is 0 Å². The minimum Gasteiger partial charge on any atom is -0.296 e. The smallest absolute Gasteiger partial charge is 0.257 e. The van der Waals surface area contributed by atoms with E-state index in [1.165, 1.54) is 40.9 Å². The third-order valence-electron chi connectivity index (χ3n) is 3.17. The fourth-order valence-electron chi connectivity index (χ4n) is 1.98. The number of hydrogen-bond donors (Lipinski definition) is 2. The zero-order valence-electron chi connectivity index (χ0n) is 13.1. The molecular formula is C15H14N4O3S3. The average Bonchev–Trinajstić information content (AvgIpc) is 3.25. The zero-order valence-corrected chi connectivity index (χ0v) is 15.5. The summed E-state index contributed by atoms with van der Waals surface area (Å²) in [6.45, 7) is 1.99. The lowest BCUT2D eigenvalue weighted by Crippen LogP contribution is -2.23. The van der Waals surface area contributed by atoms with Crippen molar-refractivity contribution >= 4 is 43.7 Å². The summed E-state index contributed by atoms with van der Waals surface area (Å²) >= 11 is 2.71. The molecule has 0 saturated carbocycles. The number of rotatable bonds is 6. The molecule has 0 atom stereocenters. The second-order valence-corrected chi connectivity index (χ2v) is 8.99. The molecule has 7 nitrogen and oxygen atoms in total. The third kappa shape index (κ3) is 4.48. The maximum Gasteiger partial charge on any atom is 0.257 e. The highest BCUT2D eigenvalue weighted by Gasteiger charge is 2.17. The highest BCUT2D eigenvalue weighted by Crippen LogP contribution is 2.17.